The molecular weight excluding hydrogens is 275 g/mol. The van der Waals surface area contributed by atoms with Gasteiger partial charge in [-0.2, -0.15) is 0 Å². The molecule has 0 radical (unpaired) electrons. The Kier molecular flexibility index (Phi) is 5.85. The van der Waals surface area contributed by atoms with Crippen LogP contribution in [0.25, 0.3) is 0 Å². The Hall–Kier alpha value is -1.29. The molecule has 0 spiro atoms. The standard InChI is InChI=1S/C17H22F3N/c1-2-21-17(12-8-6-4-3-5-7-9-12)13-10-14(18)16(20)15(19)11-13/h8,10-11,17,21H,2-7,9H2,1H3/b12-8+. The normalized spacial score (nSPS) is 20.3. The van der Waals surface area contributed by atoms with Crippen molar-refractivity contribution in [3.63, 3.8) is 0 Å². The van der Waals surface area contributed by atoms with Gasteiger partial charge in [0.15, 0.2) is 17.5 Å². The Labute approximate surface area is 124 Å². The summed E-state index contributed by atoms with van der Waals surface area (Å²) in [5.74, 6) is -3.65. The van der Waals surface area contributed by atoms with Crippen LogP contribution in [0.15, 0.2) is 23.8 Å². The molecule has 0 saturated heterocycles. The van der Waals surface area contributed by atoms with Gasteiger partial charge in [0.1, 0.15) is 0 Å². The fourth-order valence-electron chi connectivity index (χ4n) is 2.89. The summed E-state index contributed by atoms with van der Waals surface area (Å²) in [6.45, 7) is 2.63. The number of likely N-dealkylation sites (N-methyl/N-ethyl adjacent to an activating group) is 1. The number of halogens is 3. The average molecular weight is 297 g/mol. The lowest BCUT2D eigenvalue weighted by atomic mass is 9.90. The Morgan fingerprint density at radius 2 is 1.71 bits per heavy atom. The van der Waals surface area contributed by atoms with Gasteiger partial charge in [-0.1, -0.05) is 31.4 Å². The lowest BCUT2D eigenvalue weighted by Gasteiger charge is -2.24. The molecule has 1 aliphatic carbocycles. The van der Waals surface area contributed by atoms with Crippen LogP contribution in [0.5, 0.6) is 0 Å². The second-order valence-corrected chi connectivity index (χ2v) is 5.52. The molecule has 1 atom stereocenters. The largest absolute Gasteiger partial charge is 0.307 e. The molecule has 1 nitrogen and oxygen atoms in total. The highest BCUT2D eigenvalue weighted by Gasteiger charge is 2.20. The Morgan fingerprint density at radius 1 is 1.05 bits per heavy atom. The average Bonchev–Trinajstić information content (AvgIpc) is 2.42. The number of benzene rings is 1. The maximum Gasteiger partial charge on any atom is 0.194 e. The van der Waals surface area contributed by atoms with Crippen LogP contribution in [0.4, 0.5) is 13.2 Å². The zero-order chi connectivity index (χ0) is 15.2. The first-order chi connectivity index (χ1) is 10.1. The van der Waals surface area contributed by atoms with E-state index in [0.29, 0.717) is 12.1 Å². The third-order valence-electron chi connectivity index (χ3n) is 3.94. The monoisotopic (exact) mass is 297 g/mol. The quantitative estimate of drug-likeness (QED) is 0.607. The molecule has 21 heavy (non-hydrogen) atoms. The lowest BCUT2D eigenvalue weighted by molar-refractivity contribution is 0.441. The molecule has 1 aromatic rings. The number of allylic oxidation sites excluding steroid dienone is 1. The van der Waals surface area contributed by atoms with Crippen molar-refractivity contribution in [3.05, 3.63) is 46.8 Å². The van der Waals surface area contributed by atoms with Crippen molar-refractivity contribution in [2.24, 2.45) is 0 Å². The van der Waals surface area contributed by atoms with Gasteiger partial charge >= 0.3 is 0 Å². The van der Waals surface area contributed by atoms with Gasteiger partial charge in [0, 0.05) is 0 Å². The predicted octanol–water partition coefficient (Wildman–Crippen LogP) is 5.04. The first-order valence-corrected chi connectivity index (χ1v) is 7.70. The van der Waals surface area contributed by atoms with E-state index in [4.69, 9.17) is 0 Å². The van der Waals surface area contributed by atoms with Crippen LogP contribution in [-0.4, -0.2) is 6.54 Å². The molecule has 0 amide bonds. The van der Waals surface area contributed by atoms with Crippen molar-refractivity contribution in [1.29, 1.82) is 0 Å². The molecule has 1 aromatic carbocycles. The molecule has 0 fully saturated rings. The van der Waals surface area contributed by atoms with Gasteiger partial charge in [0.25, 0.3) is 0 Å². The van der Waals surface area contributed by atoms with Crippen molar-refractivity contribution < 1.29 is 13.2 Å². The van der Waals surface area contributed by atoms with Crippen molar-refractivity contribution in [3.8, 4) is 0 Å². The smallest absolute Gasteiger partial charge is 0.194 e. The molecule has 2 rings (SSSR count). The van der Waals surface area contributed by atoms with Crippen molar-refractivity contribution in [1.82, 2.24) is 5.32 Å². The third kappa shape index (κ3) is 4.10. The van der Waals surface area contributed by atoms with Gasteiger partial charge in [0.2, 0.25) is 0 Å². The van der Waals surface area contributed by atoms with Gasteiger partial charge in [-0.3, -0.25) is 0 Å². The second kappa shape index (κ2) is 7.64. The molecule has 0 heterocycles. The fourth-order valence-corrected chi connectivity index (χ4v) is 2.89. The number of hydrogen-bond donors (Lipinski definition) is 1. The zero-order valence-corrected chi connectivity index (χ0v) is 12.4. The summed E-state index contributed by atoms with van der Waals surface area (Å²) in [4.78, 5) is 0. The summed E-state index contributed by atoms with van der Waals surface area (Å²) < 4.78 is 40.1. The number of hydrogen-bond acceptors (Lipinski definition) is 1. The molecule has 0 saturated carbocycles. The van der Waals surface area contributed by atoms with Crippen LogP contribution >= 0.6 is 0 Å². The van der Waals surface area contributed by atoms with Gasteiger partial charge in [-0.05, 0) is 49.9 Å². The van der Waals surface area contributed by atoms with Crippen molar-refractivity contribution >= 4 is 0 Å². The molecule has 0 aromatic heterocycles. The maximum absolute atomic E-state index is 13.5. The van der Waals surface area contributed by atoms with E-state index in [2.05, 4.69) is 11.4 Å². The Balaban J connectivity index is 2.33. The maximum atomic E-state index is 13.5. The molecule has 1 unspecified atom stereocenters. The number of nitrogens with one attached hydrogen (secondary N) is 1. The van der Waals surface area contributed by atoms with E-state index >= 15 is 0 Å². The predicted molar refractivity (Wildman–Crippen MR) is 78.5 cm³/mol. The summed E-state index contributed by atoms with van der Waals surface area (Å²) in [5, 5.41) is 3.27. The van der Waals surface area contributed by atoms with Gasteiger partial charge in [0.05, 0.1) is 6.04 Å². The first-order valence-electron chi connectivity index (χ1n) is 7.70. The van der Waals surface area contributed by atoms with Gasteiger partial charge in [-0.25, -0.2) is 13.2 Å². The van der Waals surface area contributed by atoms with Crippen LogP contribution in [0.3, 0.4) is 0 Å². The molecule has 4 heteroatoms. The minimum Gasteiger partial charge on any atom is -0.307 e. The first kappa shape index (κ1) is 16.1. The van der Waals surface area contributed by atoms with Crippen molar-refractivity contribution in [2.45, 2.75) is 51.5 Å². The lowest BCUT2D eigenvalue weighted by Crippen LogP contribution is -2.23. The highest BCUT2D eigenvalue weighted by atomic mass is 19.2. The Bertz CT molecular complexity index is 488. The van der Waals surface area contributed by atoms with Crippen LogP contribution in [0.2, 0.25) is 0 Å². The van der Waals surface area contributed by atoms with Crippen LogP contribution in [0, 0.1) is 17.5 Å². The SMILES string of the molecule is CCNC(/C1=C/CCCCCC1)c1cc(F)c(F)c(F)c1. The molecule has 1 N–H and O–H groups in total. The van der Waals surface area contributed by atoms with Gasteiger partial charge < -0.3 is 5.32 Å². The minimum absolute atomic E-state index is 0.238. The minimum atomic E-state index is -1.40. The number of rotatable bonds is 4. The van der Waals surface area contributed by atoms with Crippen LogP contribution < -0.4 is 5.32 Å². The van der Waals surface area contributed by atoms with E-state index in [1.807, 2.05) is 6.92 Å². The molecule has 116 valence electrons. The molecular formula is C17H22F3N. The van der Waals surface area contributed by atoms with Crippen LogP contribution in [-0.2, 0) is 0 Å². The third-order valence-corrected chi connectivity index (χ3v) is 3.94. The zero-order valence-electron chi connectivity index (χ0n) is 12.4. The van der Waals surface area contributed by atoms with Gasteiger partial charge in [-0.15, -0.1) is 0 Å². The summed E-state index contributed by atoms with van der Waals surface area (Å²) in [7, 11) is 0. The second-order valence-electron chi connectivity index (χ2n) is 5.52. The van der Waals surface area contributed by atoms with E-state index in [1.165, 1.54) is 12.8 Å². The summed E-state index contributed by atoms with van der Waals surface area (Å²) in [5.41, 5.74) is 1.61. The molecule has 0 bridgehead atoms. The highest BCUT2D eigenvalue weighted by molar-refractivity contribution is 5.30. The fraction of sp³-hybridized carbons (Fsp3) is 0.529. The van der Waals surface area contributed by atoms with Crippen molar-refractivity contribution in [2.75, 3.05) is 6.54 Å². The summed E-state index contributed by atoms with van der Waals surface area (Å²) in [6.07, 6.45) is 8.72. The highest BCUT2D eigenvalue weighted by Crippen LogP contribution is 2.30. The van der Waals surface area contributed by atoms with E-state index in [0.717, 1.165) is 43.4 Å². The van der Waals surface area contributed by atoms with E-state index in [1.54, 1.807) is 0 Å². The summed E-state index contributed by atoms with van der Waals surface area (Å²) >= 11 is 0. The van der Waals surface area contributed by atoms with Crippen LogP contribution in [0.1, 0.15) is 57.1 Å². The van der Waals surface area contributed by atoms with E-state index in [9.17, 15) is 13.2 Å². The topological polar surface area (TPSA) is 12.0 Å². The molecule has 1 aliphatic rings. The Morgan fingerprint density at radius 3 is 2.38 bits per heavy atom. The van der Waals surface area contributed by atoms with E-state index < -0.39 is 17.5 Å². The summed E-state index contributed by atoms with van der Waals surface area (Å²) in [6, 6.07) is 1.97. The molecule has 0 aliphatic heterocycles. The van der Waals surface area contributed by atoms with E-state index in [-0.39, 0.29) is 6.04 Å².